The zero-order chi connectivity index (χ0) is 24.7. The fourth-order valence-electron chi connectivity index (χ4n) is 3.62. The smallest absolute Gasteiger partial charge is 0.338 e. The van der Waals surface area contributed by atoms with Crippen molar-refractivity contribution in [3.63, 3.8) is 0 Å². The van der Waals surface area contributed by atoms with Gasteiger partial charge in [0.25, 0.3) is 0 Å². The largest absolute Gasteiger partial charge is 0.490 e. The highest BCUT2D eigenvalue weighted by atomic mass is 35.5. The molecule has 0 spiro atoms. The summed E-state index contributed by atoms with van der Waals surface area (Å²) in [6.07, 6.45) is 0. The molecule has 0 fully saturated rings. The van der Waals surface area contributed by atoms with E-state index in [1.807, 2.05) is 38.1 Å². The number of aryl methyl sites for hydroxylation is 1. The third-order valence-corrected chi connectivity index (χ3v) is 5.47. The van der Waals surface area contributed by atoms with Crippen molar-refractivity contribution in [3.8, 4) is 17.6 Å². The van der Waals surface area contributed by atoms with Crippen LogP contribution >= 0.6 is 11.6 Å². The summed E-state index contributed by atoms with van der Waals surface area (Å²) in [7, 11) is 0. The second-order valence-corrected chi connectivity index (χ2v) is 7.80. The van der Waals surface area contributed by atoms with Crippen LogP contribution in [0.4, 0.5) is 0 Å². The normalized spacial score (nSPS) is 15.4. The number of allylic oxidation sites excluding steroid dienone is 2. The minimum atomic E-state index is -0.822. The van der Waals surface area contributed by atoms with Crippen molar-refractivity contribution in [3.05, 3.63) is 81.9 Å². The van der Waals surface area contributed by atoms with E-state index in [1.165, 1.54) is 5.56 Å². The highest BCUT2D eigenvalue weighted by Crippen LogP contribution is 2.42. The number of carbonyl (C=O) groups is 1. The van der Waals surface area contributed by atoms with Crippen molar-refractivity contribution in [1.29, 1.82) is 5.26 Å². The van der Waals surface area contributed by atoms with Gasteiger partial charge >= 0.3 is 5.97 Å². The third kappa shape index (κ3) is 5.46. The van der Waals surface area contributed by atoms with Gasteiger partial charge in [0, 0.05) is 0 Å². The highest BCUT2D eigenvalue weighted by Gasteiger charge is 2.37. The summed E-state index contributed by atoms with van der Waals surface area (Å²) in [5, 5.41) is 9.81. The monoisotopic (exact) mass is 482 g/mol. The molecule has 8 heteroatoms. The van der Waals surface area contributed by atoms with Crippen LogP contribution in [0.1, 0.15) is 36.5 Å². The summed E-state index contributed by atoms with van der Waals surface area (Å²) >= 11 is 6.05. The van der Waals surface area contributed by atoms with Crippen LogP contribution in [0.5, 0.6) is 11.5 Å². The Labute approximate surface area is 204 Å². The molecule has 0 amide bonds. The molecule has 0 aromatic heterocycles. The Morgan fingerprint density at radius 1 is 1.12 bits per heavy atom. The number of nitrogens with zero attached hydrogens (tertiary/aromatic N) is 1. The van der Waals surface area contributed by atoms with E-state index in [0.717, 1.165) is 5.56 Å². The van der Waals surface area contributed by atoms with Crippen molar-refractivity contribution < 1.29 is 23.7 Å². The van der Waals surface area contributed by atoms with Gasteiger partial charge in [0.2, 0.25) is 5.88 Å². The van der Waals surface area contributed by atoms with Crippen molar-refractivity contribution in [2.45, 2.75) is 33.3 Å². The first-order chi connectivity index (χ1) is 16.4. The molecule has 1 heterocycles. The van der Waals surface area contributed by atoms with E-state index in [0.29, 0.717) is 30.3 Å². The van der Waals surface area contributed by atoms with Gasteiger partial charge in [-0.1, -0.05) is 35.9 Å². The number of alkyl halides is 1. The van der Waals surface area contributed by atoms with Gasteiger partial charge < -0.3 is 24.7 Å². The maximum atomic E-state index is 12.8. The van der Waals surface area contributed by atoms with Gasteiger partial charge in [-0.2, -0.15) is 5.26 Å². The fourth-order valence-corrected chi connectivity index (χ4v) is 3.82. The lowest BCUT2D eigenvalue weighted by molar-refractivity contribution is -0.139. The van der Waals surface area contributed by atoms with E-state index in [2.05, 4.69) is 6.07 Å². The SMILES string of the molecule is CCOC(=O)C1=C(CCl)OC(N)=C(C#N)C1c1ccc(OCc2ccc(C)cc2)c(OCC)c1. The van der Waals surface area contributed by atoms with Crippen LogP contribution < -0.4 is 15.2 Å². The molecule has 1 aliphatic heterocycles. The topological polar surface area (TPSA) is 104 Å². The number of hydrogen-bond donors (Lipinski definition) is 1. The maximum Gasteiger partial charge on any atom is 0.338 e. The molecule has 7 nitrogen and oxygen atoms in total. The van der Waals surface area contributed by atoms with E-state index in [-0.39, 0.29) is 35.3 Å². The summed E-state index contributed by atoms with van der Waals surface area (Å²) in [6.45, 7) is 6.49. The first-order valence-corrected chi connectivity index (χ1v) is 11.5. The number of benzene rings is 2. The zero-order valence-corrected chi connectivity index (χ0v) is 20.1. The number of ether oxygens (including phenoxy) is 4. The Bertz CT molecular complexity index is 1150. The molecule has 0 saturated carbocycles. The Morgan fingerprint density at radius 2 is 1.85 bits per heavy atom. The summed E-state index contributed by atoms with van der Waals surface area (Å²) in [6, 6.07) is 15.4. The second kappa shape index (κ2) is 11.5. The lowest BCUT2D eigenvalue weighted by Gasteiger charge is -2.28. The molecular formula is C26H27ClN2O5. The summed E-state index contributed by atoms with van der Waals surface area (Å²) in [4.78, 5) is 12.8. The molecule has 2 aromatic rings. The van der Waals surface area contributed by atoms with Crippen LogP contribution in [-0.4, -0.2) is 25.1 Å². The van der Waals surface area contributed by atoms with Gasteiger partial charge in [0.1, 0.15) is 24.0 Å². The molecule has 178 valence electrons. The number of rotatable bonds is 9. The molecule has 0 bridgehead atoms. The minimum Gasteiger partial charge on any atom is -0.490 e. The summed E-state index contributed by atoms with van der Waals surface area (Å²) in [5.41, 5.74) is 9.01. The van der Waals surface area contributed by atoms with Gasteiger partial charge in [-0.05, 0) is 44.0 Å². The first kappa shape index (κ1) is 25.0. The van der Waals surface area contributed by atoms with Gasteiger partial charge in [0.15, 0.2) is 11.5 Å². The Kier molecular flexibility index (Phi) is 8.44. The van der Waals surface area contributed by atoms with Crippen molar-refractivity contribution >= 4 is 17.6 Å². The van der Waals surface area contributed by atoms with E-state index in [4.69, 9.17) is 36.3 Å². The highest BCUT2D eigenvalue weighted by molar-refractivity contribution is 6.19. The predicted molar refractivity (Wildman–Crippen MR) is 128 cm³/mol. The number of nitrogens with two attached hydrogens (primary N) is 1. The molecular weight excluding hydrogens is 456 g/mol. The molecule has 34 heavy (non-hydrogen) atoms. The van der Waals surface area contributed by atoms with E-state index < -0.39 is 11.9 Å². The predicted octanol–water partition coefficient (Wildman–Crippen LogP) is 4.84. The van der Waals surface area contributed by atoms with Gasteiger partial charge in [-0.25, -0.2) is 4.79 Å². The first-order valence-electron chi connectivity index (χ1n) is 10.9. The van der Waals surface area contributed by atoms with Crippen LogP contribution in [0.15, 0.2) is 65.3 Å². The lowest BCUT2D eigenvalue weighted by atomic mass is 9.83. The molecule has 0 radical (unpaired) electrons. The molecule has 0 saturated heterocycles. The summed E-state index contributed by atoms with van der Waals surface area (Å²) in [5.74, 6) is -0.496. The Balaban J connectivity index is 2.02. The third-order valence-electron chi connectivity index (χ3n) is 5.23. The van der Waals surface area contributed by atoms with Gasteiger partial charge in [-0.3, -0.25) is 0 Å². The number of nitriles is 1. The number of carbonyl (C=O) groups excluding carboxylic acids is 1. The van der Waals surface area contributed by atoms with Crippen LogP contribution in [0.2, 0.25) is 0 Å². The van der Waals surface area contributed by atoms with Crippen molar-refractivity contribution in [2.75, 3.05) is 19.1 Å². The molecule has 2 N–H and O–H groups in total. The zero-order valence-electron chi connectivity index (χ0n) is 19.4. The van der Waals surface area contributed by atoms with Crippen LogP contribution in [0, 0.1) is 18.3 Å². The second-order valence-electron chi connectivity index (χ2n) is 7.53. The number of halogens is 1. The van der Waals surface area contributed by atoms with E-state index in [9.17, 15) is 10.1 Å². The quantitative estimate of drug-likeness (QED) is 0.403. The van der Waals surface area contributed by atoms with Crippen molar-refractivity contribution in [2.24, 2.45) is 5.73 Å². The molecule has 0 aliphatic carbocycles. The van der Waals surface area contributed by atoms with E-state index >= 15 is 0 Å². The van der Waals surface area contributed by atoms with Crippen LogP contribution in [0.25, 0.3) is 0 Å². The maximum absolute atomic E-state index is 12.8. The minimum absolute atomic E-state index is 0.0905. The molecule has 1 aliphatic rings. The number of esters is 1. The van der Waals surface area contributed by atoms with Crippen LogP contribution in [0.3, 0.4) is 0 Å². The Hall–Kier alpha value is -3.63. The molecule has 3 rings (SSSR count). The standard InChI is InChI=1S/C26H27ClN2O5/c1-4-31-21-12-18(10-11-20(21)33-15-17-8-6-16(3)7-9-17)23-19(14-28)25(29)34-22(13-27)24(23)26(30)32-5-2/h6-12,23H,4-5,13,15,29H2,1-3H3. The average Bonchev–Trinajstić information content (AvgIpc) is 2.83. The Morgan fingerprint density at radius 3 is 2.47 bits per heavy atom. The van der Waals surface area contributed by atoms with Gasteiger partial charge in [-0.15, -0.1) is 11.6 Å². The number of hydrogen-bond acceptors (Lipinski definition) is 7. The molecule has 1 unspecified atom stereocenters. The van der Waals surface area contributed by atoms with Gasteiger partial charge in [0.05, 0.1) is 30.6 Å². The molecule has 2 aromatic carbocycles. The average molecular weight is 483 g/mol. The summed E-state index contributed by atoms with van der Waals surface area (Å²) < 4.78 is 22.6. The van der Waals surface area contributed by atoms with Crippen molar-refractivity contribution in [1.82, 2.24) is 0 Å². The van der Waals surface area contributed by atoms with Crippen LogP contribution in [-0.2, 0) is 20.9 Å². The lowest BCUT2D eigenvalue weighted by Crippen LogP contribution is -2.26. The fraction of sp³-hybridized carbons (Fsp3) is 0.308. The molecule has 1 atom stereocenters. The van der Waals surface area contributed by atoms with E-state index in [1.54, 1.807) is 25.1 Å².